The first-order valence-corrected chi connectivity index (χ1v) is 8.59. The molecule has 3 rings (SSSR count). The molecule has 0 atom stereocenters. The summed E-state index contributed by atoms with van der Waals surface area (Å²) in [4.78, 5) is 27.5. The van der Waals surface area contributed by atoms with E-state index in [1.807, 2.05) is 4.90 Å². The Hall–Kier alpha value is -2.96. The summed E-state index contributed by atoms with van der Waals surface area (Å²) in [6, 6.07) is 8.22. The highest BCUT2D eigenvalue weighted by atomic mass is 19.1. The van der Waals surface area contributed by atoms with Crippen molar-refractivity contribution in [2.24, 2.45) is 0 Å². The highest BCUT2D eigenvalue weighted by Gasteiger charge is 2.26. The number of ketones is 1. The fourth-order valence-corrected chi connectivity index (χ4v) is 3.15. The number of piperazine rings is 1. The number of Topliss-reactive ketones (excluding diaryl/α,β-unsaturated/α-hetero) is 1. The molecule has 0 radical (unpaired) electrons. The molecular formula is C20H20F2N2O3. The third-order valence-electron chi connectivity index (χ3n) is 4.65. The first kappa shape index (κ1) is 18.8. The van der Waals surface area contributed by atoms with Crippen LogP contribution in [0.5, 0.6) is 5.75 Å². The largest absolute Gasteiger partial charge is 0.496 e. The second-order valence-electron chi connectivity index (χ2n) is 6.35. The van der Waals surface area contributed by atoms with Crippen molar-refractivity contribution in [1.82, 2.24) is 4.90 Å². The number of methoxy groups -OCH3 is 1. The number of hydrogen-bond acceptors (Lipinski definition) is 4. The Bertz CT molecular complexity index is 878. The van der Waals surface area contributed by atoms with Gasteiger partial charge in [0.1, 0.15) is 17.4 Å². The van der Waals surface area contributed by atoms with Gasteiger partial charge in [0.05, 0.1) is 18.4 Å². The molecule has 1 fully saturated rings. The molecule has 1 aliphatic heterocycles. The standard InChI is InChI=1S/C20H20F2N2O3/c1-13(25)14-3-5-18(17(22)11-14)23-7-9-24(10-8-23)20(26)16-12-15(21)4-6-19(16)27-2/h3-6,11-12H,7-10H2,1-2H3. The molecule has 1 heterocycles. The Morgan fingerprint density at radius 1 is 1.00 bits per heavy atom. The van der Waals surface area contributed by atoms with Gasteiger partial charge in [0, 0.05) is 31.7 Å². The van der Waals surface area contributed by atoms with Gasteiger partial charge in [-0.3, -0.25) is 9.59 Å². The van der Waals surface area contributed by atoms with Crippen molar-refractivity contribution >= 4 is 17.4 Å². The Morgan fingerprint density at radius 3 is 2.30 bits per heavy atom. The van der Waals surface area contributed by atoms with Crippen LogP contribution in [0.15, 0.2) is 36.4 Å². The monoisotopic (exact) mass is 374 g/mol. The molecule has 0 spiro atoms. The molecule has 142 valence electrons. The van der Waals surface area contributed by atoms with Crippen molar-refractivity contribution in [3.63, 3.8) is 0 Å². The number of anilines is 1. The minimum atomic E-state index is -0.509. The van der Waals surface area contributed by atoms with Gasteiger partial charge >= 0.3 is 0 Å². The predicted molar refractivity (Wildman–Crippen MR) is 97.5 cm³/mol. The summed E-state index contributed by atoms with van der Waals surface area (Å²) in [5.41, 5.74) is 0.890. The number of halogens is 2. The van der Waals surface area contributed by atoms with Gasteiger partial charge < -0.3 is 14.5 Å². The number of ether oxygens (including phenoxy) is 1. The number of hydrogen-bond donors (Lipinski definition) is 0. The van der Waals surface area contributed by atoms with E-state index in [9.17, 15) is 18.4 Å². The third kappa shape index (κ3) is 3.92. The summed E-state index contributed by atoms with van der Waals surface area (Å²) in [7, 11) is 1.43. The zero-order chi connectivity index (χ0) is 19.6. The molecule has 2 aromatic carbocycles. The minimum Gasteiger partial charge on any atom is -0.496 e. The zero-order valence-electron chi connectivity index (χ0n) is 15.2. The van der Waals surface area contributed by atoms with Gasteiger partial charge in [-0.2, -0.15) is 0 Å². The molecule has 0 aromatic heterocycles. The van der Waals surface area contributed by atoms with Crippen molar-refractivity contribution in [2.75, 3.05) is 38.2 Å². The van der Waals surface area contributed by atoms with E-state index in [1.54, 1.807) is 17.0 Å². The van der Waals surface area contributed by atoms with Gasteiger partial charge in [-0.1, -0.05) is 0 Å². The van der Waals surface area contributed by atoms with Gasteiger partial charge in [-0.25, -0.2) is 8.78 Å². The molecule has 27 heavy (non-hydrogen) atoms. The van der Waals surface area contributed by atoms with Gasteiger partial charge in [0.2, 0.25) is 0 Å². The Labute approximate surface area is 156 Å². The van der Waals surface area contributed by atoms with E-state index in [0.717, 1.165) is 6.07 Å². The molecule has 0 unspecified atom stereocenters. The van der Waals surface area contributed by atoms with Crippen molar-refractivity contribution in [1.29, 1.82) is 0 Å². The highest BCUT2D eigenvalue weighted by molar-refractivity contribution is 5.97. The molecule has 1 aliphatic rings. The second kappa shape index (κ2) is 7.73. The molecule has 5 nitrogen and oxygen atoms in total. The number of carbonyl (C=O) groups excluding carboxylic acids is 2. The topological polar surface area (TPSA) is 49.9 Å². The predicted octanol–water partition coefficient (Wildman–Crippen LogP) is 3.14. The summed E-state index contributed by atoms with van der Waals surface area (Å²) in [6.07, 6.45) is 0. The summed E-state index contributed by atoms with van der Waals surface area (Å²) < 4.78 is 33.0. The fourth-order valence-electron chi connectivity index (χ4n) is 3.15. The van der Waals surface area contributed by atoms with E-state index in [2.05, 4.69) is 0 Å². The van der Waals surface area contributed by atoms with E-state index in [4.69, 9.17) is 4.74 Å². The van der Waals surface area contributed by atoms with Crippen molar-refractivity contribution < 1.29 is 23.1 Å². The van der Waals surface area contributed by atoms with Gasteiger partial charge in [0.25, 0.3) is 5.91 Å². The van der Waals surface area contributed by atoms with Crippen LogP contribution >= 0.6 is 0 Å². The van der Waals surface area contributed by atoms with Crippen LogP contribution in [-0.2, 0) is 0 Å². The van der Waals surface area contributed by atoms with E-state index < -0.39 is 11.6 Å². The number of amides is 1. The third-order valence-corrected chi connectivity index (χ3v) is 4.65. The lowest BCUT2D eigenvalue weighted by atomic mass is 10.1. The Kier molecular flexibility index (Phi) is 5.39. The molecular weight excluding hydrogens is 354 g/mol. The first-order valence-electron chi connectivity index (χ1n) is 8.59. The molecule has 0 N–H and O–H groups in total. The summed E-state index contributed by atoms with van der Waals surface area (Å²) in [5, 5.41) is 0. The minimum absolute atomic E-state index is 0.169. The Morgan fingerprint density at radius 2 is 1.70 bits per heavy atom. The number of carbonyl (C=O) groups is 2. The quantitative estimate of drug-likeness (QED) is 0.772. The summed E-state index contributed by atoms with van der Waals surface area (Å²) in [6.45, 7) is 2.98. The Balaban J connectivity index is 1.71. The second-order valence-corrected chi connectivity index (χ2v) is 6.35. The zero-order valence-corrected chi connectivity index (χ0v) is 15.2. The maximum atomic E-state index is 14.3. The van der Waals surface area contributed by atoms with Crippen LogP contribution in [0, 0.1) is 11.6 Å². The number of benzene rings is 2. The lowest BCUT2D eigenvalue weighted by Crippen LogP contribution is -2.49. The van der Waals surface area contributed by atoms with Crippen LogP contribution in [-0.4, -0.2) is 49.9 Å². The van der Waals surface area contributed by atoms with Gasteiger partial charge in [-0.15, -0.1) is 0 Å². The molecule has 1 saturated heterocycles. The van der Waals surface area contributed by atoms with E-state index in [0.29, 0.717) is 43.2 Å². The summed E-state index contributed by atoms with van der Waals surface area (Å²) in [5.74, 6) is -1.17. The molecule has 2 aromatic rings. The van der Waals surface area contributed by atoms with Gasteiger partial charge in [-0.05, 0) is 43.3 Å². The fraction of sp³-hybridized carbons (Fsp3) is 0.300. The van der Waals surface area contributed by atoms with Crippen molar-refractivity contribution in [2.45, 2.75) is 6.92 Å². The molecule has 0 bridgehead atoms. The van der Waals surface area contributed by atoms with Crippen LogP contribution in [0.2, 0.25) is 0 Å². The average Bonchev–Trinajstić information content (AvgIpc) is 2.67. The van der Waals surface area contributed by atoms with Crippen LogP contribution in [0.3, 0.4) is 0 Å². The normalized spacial score (nSPS) is 14.2. The SMILES string of the molecule is COc1ccc(F)cc1C(=O)N1CCN(c2ccc(C(C)=O)cc2F)CC1. The molecule has 1 amide bonds. The molecule has 0 saturated carbocycles. The van der Waals surface area contributed by atoms with E-state index in [-0.39, 0.29) is 17.3 Å². The molecule has 0 aliphatic carbocycles. The van der Waals surface area contributed by atoms with Crippen LogP contribution < -0.4 is 9.64 Å². The van der Waals surface area contributed by atoms with Crippen molar-refractivity contribution in [3.05, 3.63) is 59.2 Å². The molecule has 7 heteroatoms. The smallest absolute Gasteiger partial charge is 0.257 e. The van der Waals surface area contributed by atoms with Crippen LogP contribution in [0.4, 0.5) is 14.5 Å². The maximum Gasteiger partial charge on any atom is 0.257 e. The van der Waals surface area contributed by atoms with Crippen LogP contribution in [0.1, 0.15) is 27.6 Å². The summed E-state index contributed by atoms with van der Waals surface area (Å²) >= 11 is 0. The van der Waals surface area contributed by atoms with E-state index in [1.165, 1.54) is 32.2 Å². The maximum absolute atomic E-state index is 14.3. The average molecular weight is 374 g/mol. The van der Waals surface area contributed by atoms with Gasteiger partial charge in [0.15, 0.2) is 5.78 Å². The van der Waals surface area contributed by atoms with Crippen molar-refractivity contribution in [3.8, 4) is 5.75 Å². The van der Waals surface area contributed by atoms with E-state index >= 15 is 0 Å². The number of rotatable bonds is 4. The lowest BCUT2D eigenvalue weighted by Gasteiger charge is -2.36. The van der Waals surface area contributed by atoms with Crippen LogP contribution in [0.25, 0.3) is 0 Å². The lowest BCUT2D eigenvalue weighted by molar-refractivity contribution is 0.0742. The first-order chi connectivity index (χ1) is 12.9. The number of nitrogens with zero attached hydrogens (tertiary/aromatic N) is 2. The highest BCUT2D eigenvalue weighted by Crippen LogP contribution is 2.25.